The molecule has 120 valence electrons. The first-order valence-electron chi connectivity index (χ1n) is 5.98. The average molecular weight is 326 g/mol. The molecule has 0 aliphatic rings. The molecule has 0 saturated carbocycles. The predicted molar refractivity (Wildman–Crippen MR) is 72.3 cm³/mol. The van der Waals surface area contributed by atoms with Crippen LogP contribution in [0.2, 0.25) is 0 Å². The number of sulfonamides is 1. The SMILES string of the molecule is Cc1cc(N)c(C)c(S(=O)(=O)NCC(O)C(F)(F)F)c1C. The number of aryl methyl sites for hydroxylation is 1. The molecule has 0 aliphatic carbocycles. The first kappa shape index (κ1) is 17.7. The van der Waals surface area contributed by atoms with E-state index in [-0.39, 0.29) is 16.1 Å². The number of benzene rings is 1. The summed E-state index contributed by atoms with van der Waals surface area (Å²) in [6.07, 6.45) is -7.66. The van der Waals surface area contributed by atoms with E-state index in [4.69, 9.17) is 10.8 Å². The molecular formula is C12H17F3N2O3S. The van der Waals surface area contributed by atoms with E-state index in [9.17, 15) is 21.6 Å². The van der Waals surface area contributed by atoms with Gasteiger partial charge in [-0.1, -0.05) is 0 Å². The normalized spacial score (nSPS) is 14.2. The lowest BCUT2D eigenvalue weighted by molar-refractivity contribution is -0.200. The lowest BCUT2D eigenvalue weighted by atomic mass is 10.1. The minimum atomic E-state index is -4.89. The number of nitrogen functional groups attached to an aromatic ring is 1. The van der Waals surface area contributed by atoms with E-state index in [0.717, 1.165) is 0 Å². The van der Waals surface area contributed by atoms with Gasteiger partial charge in [0.2, 0.25) is 10.0 Å². The summed E-state index contributed by atoms with van der Waals surface area (Å²) in [5, 5.41) is 8.87. The Morgan fingerprint density at radius 2 is 1.81 bits per heavy atom. The number of aliphatic hydroxyl groups excluding tert-OH is 1. The molecule has 9 heteroatoms. The van der Waals surface area contributed by atoms with Crippen molar-refractivity contribution in [3.8, 4) is 0 Å². The van der Waals surface area contributed by atoms with Gasteiger partial charge in [0.05, 0.1) is 4.90 Å². The van der Waals surface area contributed by atoms with E-state index in [2.05, 4.69) is 0 Å². The molecule has 0 amide bonds. The number of halogens is 3. The Balaban J connectivity index is 3.16. The van der Waals surface area contributed by atoms with E-state index in [1.54, 1.807) is 17.7 Å². The number of nitrogens with two attached hydrogens (primary N) is 1. The van der Waals surface area contributed by atoms with Gasteiger partial charge < -0.3 is 10.8 Å². The molecule has 0 saturated heterocycles. The van der Waals surface area contributed by atoms with Crippen LogP contribution in [0.5, 0.6) is 0 Å². The summed E-state index contributed by atoms with van der Waals surface area (Å²) in [5.41, 5.74) is 7.18. The number of rotatable bonds is 4. The van der Waals surface area contributed by atoms with Gasteiger partial charge in [0.25, 0.3) is 0 Å². The largest absolute Gasteiger partial charge is 0.415 e. The molecule has 1 aromatic carbocycles. The van der Waals surface area contributed by atoms with Gasteiger partial charge in [-0.15, -0.1) is 0 Å². The van der Waals surface area contributed by atoms with Crippen molar-refractivity contribution in [3.63, 3.8) is 0 Å². The molecule has 0 aliphatic heterocycles. The smallest absolute Gasteiger partial charge is 0.398 e. The number of alkyl halides is 3. The predicted octanol–water partition coefficient (Wildman–Crippen LogP) is 1.40. The highest BCUT2D eigenvalue weighted by atomic mass is 32.2. The van der Waals surface area contributed by atoms with Gasteiger partial charge in [-0.05, 0) is 43.5 Å². The maximum absolute atomic E-state index is 12.2. The molecule has 0 spiro atoms. The Hall–Kier alpha value is -1.32. The van der Waals surface area contributed by atoms with Gasteiger partial charge in [0.15, 0.2) is 6.10 Å². The van der Waals surface area contributed by atoms with Crippen LogP contribution >= 0.6 is 0 Å². The third-order valence-corrected chi connectivity index (χ3v) is 4.89. The van der Waals surface area contributed by atoms with Crippen molar-refractivity contribution in [3.05, 3.63) is 22.8 Å². The highest BCUT2D eigenvalue weighted by Gasteiger charge is 2.39. The van der Waals surface area contributed by atoms with Crippen LogP contribution in [0, 0.1) is 20.8 Å². The van der Waals surface area contributed by atoms with E-state index in [0.29, 0.717) is 11.1 Å². The molecule has 5 nitrogen and oxygen atoms in total. The quantitative estimate of drug-likeness (QED) is 0.729. The Morgan fingerprint density at radius 3 is 2.29 bits per heavy atom. The van der Waals surface area contributed by atoms with Crippen LogP contribution in [0.3, 0.4) is 0 Å². The lowest BCUT2D eigenvalue weighted by Gasteiger charge is -2.18. The summed E-state index contributed by atoms with van der Waals surface area (Å²) < 4.78 is 62.7. The zero-order valence-electron chi connectivity index (χ0n) is 11.7. The molecule has 1 atom stereocenters. The zero-order chi connectivity index (χ0) is 16.6. The summed E-state index contributed by atoms with van der Waals surface area (Å²) in [5.74, 6) is 0. The molecule has 0 fully saturated rings. The van der Waals surface area contributed by atoms with Crippen LogP contribution in [0.1, 0.15) is 16.7 Å². The molecule has 0 bridgehead atoms. The minimum absolute atomic E-state index is 0.158. The Bertz CT molecular complexity index is 616. The molecule has 0 heterocycles. The number of hydrogen-bond acceptors (Lipinski definition) is 4. The van der Waals surface area contributed by atoms with Crippen molar-refractivity contribution in [2.75, 3.05) is 12.3 Å². The highest BCUT2D eigenvalue weighted by Crippen LogP contribution is 2.28. The summed E-state index contributed by atoms with van der Waals surface area (Å²) in [4.78, 5) is -0.158. The van der Waals surface area contributed by atoms with Gasteiger partial charge in [0, 0.05) is 12.2 Å². The Kier molecular flexibility index (Phi) is 4.91. The zero-order valence-corrected chi connectivity index (χ0v) is 12.6. The molecule has 0 aromatic heterocycles. The summed E-state index contributed by atoms with van der Waals surface area (Å²) >= 11 is 0. The maximum atomic E-state index is 12.2. The van der Waals surface area contributed by atoms with Crippen molar-refractivity contribution in [2.45, 2.75) is 37.9 Å². The van der Waals surface area contributed by atoms with Gasteiger partial charge in [0.1, 0.15) is 0 Å². The third-order valence-electron chi connectivity index (χ3n) is 3.19. The molecule has 1 rings (SSSR count). The van der Waals surface area contributed by atoms with Crippen LogP contribution in [0.4, 0.5) is 18.9 Å². The van der Waals surface area contributed by atoms with E-state index >= 15 is 0 Å². The number of nitrogens with one attached hydrogen (secondary N) is 1. The van der Waals surface area contributed by atoms with Crippen molar-refractivity contribution >= 4 is 15.7 Å². The van der Waals surface area contributed by atoms with Gasteiger partial charge in [-0.25, -0.2) is 13.1 Å². The molecule has 4 N–H and O–H groups in total. The van der Waals surface area contributed by atoms with Crippen molar-refractivity contribution in [1.29, 1.82) is 0 Å². The van der Waals surface area contributed by atoms with Gasteiger partial charge in [-0.3, -0.25) is 0 Å². The van der Waals surface area contributed by atoms with E-state index < -0.39 is 28.8 Å². The monoisotopic (exact) mass is 326 g/mol. The first-order valence-corrected chi connectivity index (χ1v) is 7.47. The highest BCUT2D eigenvalue weighted by molar-refractivity contribution is 7.89. The topological polar surface area (TPSA) is 92.4 Å². The van der Waals surface area contributed by atoms with E-state index in [1.165, 1.54) is 13.8 Å². The minimum Gasteiger partial charge on any atom is -0.398 e. The van der Waals surface area contributed by atoms with Crippen molar-refractivity contribution in [1.82, 2.24) is 4.72 Å². The van der Waals surface area contributed by atoms with Crippen LogP contribution in [0.15, 0.2) is 11.0 Å². The van der Waals surface area contributed by atoms with Crippen molar-refractivity contribution in [2.24, 2.45) is 0 Å². The standard InChI is InChI=1S/C12H17F3N2O3S/c1-6-4-9(16)8(3)11(7(6)2)21(19,20)17-5-10(18)12(13,14)15/h4,10,17-18H,5,16H2,1-3H3. The summed E-state index contributed by atoms with van der Waals surface area (Å²) in [6.45, 7) is 3.50. The van der Waals surface area contributed by atoms with Crippen LogP contribution < -0.4 is 10.5 Å². The number of aliphatic hydroxyl groups is 1. The second-order valence-corrected chi connectivity index (χ2v) is 6.47. The molecule has 1 aromatic rings. The fourth-order valence-corrected chi connectivity index (χ4v) is 3.43. The summed E-state index contributed by atoms with van der Waals surface area (Å²) in [7, 11) is -4.21. The fraction of sp³-hybridized carbons (Fsp3) is 0.500. The second-order valence-electron chi connectivity index (χ2n) is 4.77. The molecule has 21 heavy (non-hydrogen) atoms. The lowest BCUT2D eigenvalue weighted by Crippen LogP contribution is -2.41. The van der Waals surface area contributed by atoms with Crippen molar-refractivity contribution < 1.29 is 26.7 Å². The van der Waals surface area contributed by atoms with Crippen LogP contribution in [-0.2, 0) is 10.0 Å². The first-order chi connectivity index (χ1) is 9.38. The van der Waals surface area contributed by atoms with E-state index in [1.807, 2.05) is 0 Å². The second kappa shape index (κ2) is 5.82. The molecule has 1 unspecified atom stereocenters. The van der Waals surface area contributed by atoms with Crippen LogP contribution in [0.25, 0.3) is 0 Å². The molecule has 0 radical (unpaired) electrons. The van der Waals surface area contributed by atoms with Crippen LogP contribution in [-0.4, -0.2) is 32.3 Å². The average Bonchev–Trinajstić information content (AvgIpc) is 2.32. The summed E-state index contributed by atoms with van der Waals surface area (Å²) in [6, 6.07) is 1.59. The number of anilines is 1. The van der Waals surface area contributed by atoms with Gasteiger partial charge in [-0.2, -0.15) is 13.2 Å². The maximum Gasteiger partial charge on any atom is 0.415 e. The Labute approximate surface area is 121 Å². The third kappa shape index (κ3) is 3.86. The molecular weight excluding hydrogens is 309 g/mol. The van der Waals surface area contributed by atoms with Gasteiger partial charge >= 0.3 is 6.18 Å². The fourth-order valence-electron chi connectivity index (χ4n) is 1.82. The number of hydrogen-bond donors (Lipinski definition) is 3. The Morgan fingerprint density at radius 1 is 1.29 bits per heavy atom.